The van der Waals surface area contributed by atoms with E-state index in [1.165, 1.54) is 11.0 Å². The van der Waals surface area contributed by atoms with Crippen LogP contribution in [0.4, 0.5) is 0 Å². The average Bonchev–Trinajstić information content (AvgIpc) is 2.70. The summed E-state index contributed by atoms with van der Waals surface area (Å²) in [4.78, 5) is 17.7. The molecule has 7 heteroatoms. The summed E-state index contributed by atoms with van der Waals surface area (Å²) in [6.07, 6.45) is 1.56. The highest BCUT2D eigenvalue weighted by atomic mass is 32.2. The molecule has 0 aliphatic heterocycles. The molecule has 1 amide bonds. The fourth-order valence-corrected chi connectivity index (χ4v) is 3.70. The van der Waals surface area contributed by atoms with Crippen LogP contribution in [0.1, 0.15) is 15.9 Å². The minimum atomic E-state index is -3.73. The number of nitrogens with one attached hydrogen (secondary N) is 1. The number of sulfonamides is 1. The molecule has 28 heavy (non-hydrogen) atoms. The van der Waals surface area contributed by atoms with Gasteiger partial charge in [-0.15, -0.1) is 0 Å². The number of amides is 1. The third-order valence-corrected chi connectivity index (χ3v) is 5.44. The van der Waals surface area contributed by atoms with Crippen LogP contribution >= 0.6 is 0 Å². The Kier molecular flexibility index (Phi) is 5.73. The second-order valence-electron chi connectivity index (χ2n) is 6.23. The zero-order valence-electron chi connectivity index (χ0n) is 15.5. The maximum absolute atomic E-state index is 12.6. The van der Waals surface area contributed by atoms with E-state index in [0.29, 0.717) is 16.6 Å². The van der Waals surface area contributed by atoms with Crippen molar-refractivity contribution < 1.29 is 13.2 Å². The number of pyridine rings is 1. The van der Waals surface area contributed by atoms with Crippen LogP contribution < -0.4 is 4.72 Å². The molecular formula is C21H19N3O3S. The van der Waals surface area contributed by atoms with E-state index in [9.17, 15) is 13.2 Å². The van der Waals surface area contributed by atoms with Crippen LogP contribution in [0.3, 0.4) is 0 Å². The molecule has 142 valence electrons. The molecule has 0 radical (unpaired) electrons. The highest BCUT2D eigenvalue weighted by Gasteiger charge is 2.16. The number of fused-ring (bicyclic) bond motifs is 1. The van der Waals surface area contributed by atoms with Crippen molar-refractivity contribution in [3.05, 3.63) is 71.9 Å². The molecule has 0 saturated carbocycles. The van der Waals surface area contributed by atoms with E-state index in [1.54, 1.807) is 56.7 Å². The molecule has 3 rings (SSSR count). The Labute approximate surface area is 164 Å². The van der Waals surface area contributed by atoms with Gasteiger partial charge in [0.05, 0.1) is 12.1 Å². The van der Waals surface area contributed by atoms with Crippen LogP contribution in [0.5, 0.6) is 0 Å². The summed E-state index contributed by atoms with van der Waals surface area (Å²) in [5, 5.41) is 0.754. The van der Waals surface area contributed by atoms with Crippen LogP contribution in [0, 0.1) is 11.8 Å². The maximum Gasteiger partial charge on any atom is 0.253 e. The lowest BCUT2D eigenvalue weighted by atomic mass is 10.1. The summed E-state index contributed by atoms with van der Waals surface area (Å²) in [5.74, 6) is 5.59. The van der Waals surface area contributed by atoms with Gasteiger partial charge in [0.1, 0.15) is 4.90 Å². The topological polar surface area (TPSA) is 79.4 Å². The van der Waals surface area contributed by atoms with Crippen molar-refractivity contribution in [3.8, 4) is 11.8 Å². The predicted octanol–water partition coefficient (Wildman–Crippen LogP) is 2.27. The van der Waals surface area contributed by atoms with Gasteiger partial charge in [0.15, 0.2) is 0 Å². The fourth-order valence-electron chi connectivity index (χ4n) is 2.60. The Bertz CT molecular complexity index is 1170. The molecule has 6 nitrogen and oxygen atoms in total. The second-order valence-corrected chi connectivity index (χ2v) is 7.97. The lowest BCUT2D eigenvalue weighted by molar-refractivity contribution is 0.0827. The first-order valence-corrected chi connectivity index (χ1v) is 10.0. The van der Waals surface area contributed by atoms with Gasteiger partial charge >= 0.3 is 0 Å². The van der Waals surface area contributed by atoms with Crippen LogP contribution in [0.2, 0.25) is 0 Å². The van der Waals surface area contributed by atoms with Crippen LogP contribution in [0.15, 0.2) is 65.7 Å². The molecule has 0 spiro atoms. The summed E-state index contributed by atoms with van der Waals surface area (Å²) in [6, 6.07) is 15.4. The van der Waals surface area contributed by atoms with Crippen LogP contribution in [-0.2, 0) is 10.0 Å². The molecule has 1 N–H and O–H groups in total. The highest BCUT2D eigenvalue weighted by Crippen LogP contribution is 2.20. The molecule has 1 aromatic heterocycles. The summed E-state index contributed by atoms with van der Waals surface area (Å²) in [5.41, 5.74) is 1.69. The summed E-state index contributed by atoms with van der Waals surface area (Å²) in [6.45, 7) is -0.0378. The van der Waals surface area contributed by atoms with Crippen molar-refractivity contribution >= 4 is 26.8 Å². The molecule has 3 aromatic rings. The molecule has 1 heterocycles. The van der Waals surface area contributed by atoms with E-state index in [0.717, 1.165) is 5.39 Å². The Balaban J connectivity index is 1.70. The second kappa shape index (κ2) is 8.21. The molecule has 0 aliphatic rings. The van der Waals surface area contributed by atoms with Gasteiger partial charge in [-0.2, -0.15) is 4.72 Å². The number of carbonyl (C=O) groups is 1. The Hall–Kier alpha value is -3.21. The van der Waals surface area contributed by atoms with Crippen LogP contribution in [-0.4, -0.2) is 44.8 Å². The zero-order valence-corrected chi connectivity index (χ0v) is 16.3. The number of carbonyl (C=O) groups excluding carboxylic acids is 1. The smallest absolute Gasteiger partial charge is 0.253 e. The van der Waals surface area contributed by atoms with Crippen molar-refractivity contribution in [2.45, 2.75) is 4.90 Å². The van der Waals surface area contributed by atoms with Gasteiger partial charge in [-0.05, 0) is 36.4 Å². The molecule has 0 aliphatic carbocycles. The molecule has 0 bridgehead atoms. The van der Waals surface area contributed by atoms with E-state index >= 15 is 0 Å². The minimum Gasteiger partial charge on any atom is -0.345 e. The first-order chi connectivity index (χ1) is 13.4. The normalized spacial score (nSPS) is 10.9. The molecular weight excluding hydrogens is 374 g/mol. The maximum atomic E-state index is 12.6. The van der Waals surface area contributed by atoms with Gasteiger partial charge in [0.25, 0.3) is 5.91 Å². The highest BCUT2D eigenvalue weighted by molar-refractivity contribution is 7.89. The lowest BCUT2D eigenvalue weighted by Gasteiger charge is -2.09. The molecule has 0 fully saturated rings. The standard InChI is InChI=1S/C21H19N3O3S/c1-24(2)21(25)18-12-10-16(11-13-18)6-4-15-23-28(26,27)19-9-3-7-17-8-5-14-22-20(17)19/h3,5,7-14,23H,15H2,1-2H3. The number of hydrogen-bond donors (Lipinski definition) is 1. The van der Waals surface area contributed by atoms with Gasteiger partial charge in [-0.3, -0.25) is 9.78 Å². The third-order valence-electron chi connectivity index (χ3n) is 4.01. The zero-order chi connectivity index (χ0) is 20.1. The summed E-state index contributed by atoms with van der Waals surface area (Å²) in [7, 11) is -0.358. The van der Waals surface area contributed by atoms with Gasteiger partial charge < -0.3 is 4.90 Å². The van der Waals surface area contributed by atoms with Gasteiger partial charge in [0.2, 0.25) is 10.0 Å². The number of hydrogen-bond acceptors (Lipinski definition) is 4. The van der Waals surface area contributed by atoms with E-state index < -0.39 is 10.0 Å². The van der Waals surface area contributed by atoms with Gasteiger partial charge in [-0.25, -0.2) is 8.42 Å². The van der Waals surface area contributed by atoms with Crippen LogP contribution in [0.25, 0.3) is 10.9 Å². The van der Waals surface area contributed by atoms with E-state index in [-0.39, 0.29) is 17.3 Å². The van der Waals surface area contributed by atoms with Gasteiger partial charge in [0, 0.05) is 36.8 Å². The lowest BCUT2D eigenvalue weighted by Crippen LogP contribution is -2.24. The minimum absolute atomic E-state index is 0.0378. The number of rotatable bonds is 4. The Morgan fingerprint density at radius 1 is 1.07 bits per heavy atom. The first-order valence-electron chi connectivity index (χ1n) is 8.52. The average molecular weight is 393 g/mol. The quantitative estimate of drug-likeness (QED) is 0.690. The SMILES string of the molecule is CN(C)C(=O)c1ccc(C#CCNS(=O)(=O)c2cccc3cccnc23)cc1. The van der Waals surface area contributed by atoms with E-state index in [4.69, 9.17) is 0 Å². The predicted molar refractivity (Wildman–Crippen MR) is 108 cm³/mol. The van der Waals surface area contributed by atoms with E-state index in [2.05, 4.69) is 21.5 Å². The summed E-state index contributed by atoms with van der Waals surface area (Å²) >= 11 is 0. The molecule has 2 aromatic carbocycles. The fraction of sp³-hybridized carbons (Fsp3) is 0.143. The number of nitrogens with zero attached hydrogens (tertiary/aromatic N) is 2. The first kappa shape index (κ1) is 19.5. The van der Waals surface area contributed by atoms with Crippen molar-refractivity contribution in [1.82, 2.24) is 14.6 Å². The Morgan fingerprint density at radius 3 is 2.50 bits per heavy atom. The Morgan fingerprint density at radius 2 is 1.79 bits per heavy atom. The van der Waals surface area contributed by atoms with Crippen molar-refractivity contribution in [2.75, 3.05) is 20.6 Å². The largest absolute Gasteiger partial charge is 0.345 e. The molecule has 0 saturated heterocycles. The summed E-state index contributed by atoms with van der Waals surface area (Å²) < 4.78 is 27.6. The van der Waals surface area contributed by atoms with Crippen molar-refractivity contribution in [3.63, 3.8) is 0 Å². The molecule has 0 atom stereocenters. The number of benzene rings is 2. The molecule has 0 unspecified atom stereocenters. The van der Waals surface area contributed by atoms with Crippen molar-refractivity contribution in [2.24, 2.45) is 0 Å². The van der Waals surface area contributed by atoms with Crippen molar-refractivity contribution in [1.29, 1.82) is 0 Å². The number of para-hydroxylation sites is 1. The third kappa shape index (κ3) is 4.36. The number of aromatic nitrogens is 1. The monoisotopic (exact) mass is 393 g/mol. The van der Waals surface area contributed by atoms with Gasteiger partial charge in [-0.1, -0.05) is 30.0 Å². The van der Waals surface area contributed by atoms with E-state index in [1.807, 2.05) is 12.1 Å².